The van der Waals surface area contributed by atoms with Crippen LogP contribution < -0.4 is 19.5 Å². The van der Waals surface area contributed by atoms with E-state index in [1.165, 1.54) is 0 Å². The van der Waals surface area contributed by atoms with Crippen molar-refractivity contribution in [2.45, 2.75) is 25.8 Å². The normalized spacial score (nSPS) is 20.1. The molecule has 170 valence electrons. The van der Waals surface area contributed by atoms with Crippen molar-refractivity contribution < 1.29 is 19.0 Å². The van der Waals surface area contributed by atoms with Crippen LogP contribution in [-0.4, -0.2) is 98.9 Å². The van der Waals surface area contributed by atoms with E-state index in [-0.39, 0.29) is 18.7 Å². The van der Waals surface area contributed by atoms with Crippen LogP contribution in [0.25, 0.3) is 0 Å². The number of rotatable bonds is 6. The molecule has 3 heterocycles. The first-order chi connectivity index (χ1) is 15.2. The average Bonchev–Trinajstić information content (AvgIpc) is 3.50. The molecule has 2 saturated heterocycles. The summed E-state index contributed by atoms with van der Waals surface area (Å²) in [5, 5.41) is 3.37. The van der Waals surface area contributed by atoms with Gasteiger partial charge in [-0.2, -0.15) is 0 Å². The summed E-state index contributed by atoms with van der Waals surface area (Å²) < 4.78 is 16.5. The summed E-state index contributed by atoms with van der Waals surface area (Å²) in [4.78, 5) is 23.6. The van der Waals surface area contributed by atoms with Crippen molar-refractivity contribution in [3.8, 4) is 17.2 Å². The zero-order valence-corrected chi connectivity index (χ0v) is 18.5. The number of carbonyl (C=O) groups excluding carboxylic acids is 1. The molecule has 9 heteroatoms. The maximum Gasteiger partial charge on any atom is 0.239 e. The maximum atomic E-state index is 12.7. The number of amides is 1. The smallest absolute Gasteiger partial charge is 0.239 e. The Hall–Kier alpha value is -2.68. The Morgan fingerprint density at radius 1 is 1.10 bits per heavy atom. The van der Waals surface area contributed by atoms with Gasteiger partial charge in [0.15, 0.2) is 17.5 Å². The van der Waals surface area contributed by atoms with Gasteiger partial charge in [0.05, 0.1) is 12.6 Å². The monoisotopic (exact) mass is 431 g/mol. The number of nitrogens with zero attached hydrogens (tertiary/aromatic N) is 4. The van der Waals surface area contributed by atoms with Crippen LogP contribution in [0.1, 0.15) is 19.8 Å². The van der Waals surface area contributed by atoms with Crippen LogP contribution in [0.2, 0.25) is 0 Å². The molecule has 31 heavy (non-hydrogen) atoms. The molecule has 0 aliphatic carbocycles. The number of carbonyl (C=O) groups is 1. The molecular formula is C22H33N5O4. The minimum Gasteiger partial charge on any atom is -0.492 e. The highest BCUT2D eigenvalue weighted by Crippen LogP contribution is 2.34. The molecule has 2 fully saturated rings. The van der Waals surface area contributed by atoms with Gasteiger partial charge in [0.25, 0.3) is 0 Å². The molecule has 1 N–H and O–H groups in total. The van der Waals surface area contributed by atoms with Crippen molar-refractivity contribution in [3.63, 3.8) is 0 Å². The van der Waals surface area contributed by atoms with Gasteiger partial charge < -0.3 is 29.3 Å². The molecule has 0 spiro atoms. The summed E-state index contributed by atoms with van der Waals surface area (Å²) >= 11 is 0. The number of piperazine rings is 1. The number of guanidine groups is 1. The van der Waals surface area contributed by atoms with Crippen molar-refractivity contribution in [2.24, 2.45) is 4.99 Å². The molecular weight excluding hydrogens is 398 g/mol. The number of aliphatic imine (C=N–C) groups is 1. The lowest BCUT2D eigenvalue weighted by Gasteiger charge is -2.39. The van der Waals surface area contributed by atoms with Crippen molar-refractivity contribution in [1.82, 2.24) is 20.0 Å². The van der Waals surface area contributed by atoms with Crippen molar-refractivity contribution in [3.05, 3.63) is 18.2 Å². The van der Waals surface area contributed by atoms with Crippen molar-refractivity contribution in [2.75, 3.05) is 66.3 Å². The highest BCUT2D eigenvalue weighted by molar-refractivity contribution is 5.82. The van der Waals surface area contributed by atoms with Crippen LogP contribution in [-0.2, 0) is 4.79 Å². The molecule has 0 aromatic heterocycles. The summed E-state index contributed by atoms with van der Waals surface area (Å²) in [6, 6.07) is 5.54. The third kappa shape index (κ3) is 5.15. The lowest BCUT2D eigenvalue weighted by Crippen LogP contribution is -2.57. The lowest BCUT2D eigenvalue weighted by atomic mass is 10.2. The van der Waals surface area contributed by atoms with E-state index in [0.717, 1.165) is 75.3 Å². The van der Waals surface area contributed by atoms with E-state index in [1.807, 2.05) is 30.0 Å². The topological polar surface area (TPSA) is 78.9 Å². The minimum atomic E-state index is -0.0506. The fourth-order valence-corrected chi connectivity index (χ4v) is 4.31. The largest absolute Gasteiger partial charge is 0.492 e. The highest BCUT2D eigenvalue weighted by atomic mass is 16.7. The molecule has 4 rings (SSSR count). The quantitative estimate of drug-likeness (QED) is 0.409. The van der Waals surface area contributed by atoms with E-state index < -0.39 is 0 Å². The van der Waals surface area contributed by atoms with Gasteiger partial charge in [-0.05, 0) is 31.9 Å². The Morgan fingerprint density at radius 2 is 1.84 bits per heavy atom. The molecule has 0 bridgehead atoms. The molecule has 3 aliphatic rings. The minimum absolute atomic E-state index is 0.0506. The maximum absolute atomic E-state index is 12.7. The summed E-state index contributed by atoms with van der Waals surface area (Å²) in [7, 11) is 1.80. The zero-order chi connectivity index (χ0) is 21.6. The molecule has 9 nitrogen and oxygen atoms in total. The zero-order valence-electron chi connectivity index (χ0n) is 18.5. The molecule has 1 unspecified atom stereocenters. The van der Waals surface area contributed by atoms with Gasteiger partial charge in [0.1, 0.15) is 12.4 Å². The first-order valence-electron chi connectivity index (χ1n) is 11.2. The molecule has 1 aromatic carbocycles. The molecule has 1 atom stereocenters. The SMILES string of the molecule is CN=C(NCCOc1ccc2c(c1)OCO2)N1CCN(C(C)C(=O)N2CCCC2)CC1. The Balaban J connectivity index is 1.18. The van der Waals surface area contributed by atoms with Gasteiger partial charge in [0.2, 0.25) is 12.7 Å². The summed E-state index contributed by atoms with van der Waals surface area (Å²) in [6.07, 6.45) is 2.26. The Labute approximate surface area is 183 Å². The number of hydrogen-bond acceptors (Lipinski definition) is 6. The van der Waals surface area contributed by atoms with Crippen LogP contribution in [0.5, 0.6) is 17.2 Å². The van der Waals surface area contributed by atoms with Gasteiger partial charge in [-0.25, -0.2) is 0 Å². The number of benzene rings is 1. The van der Waals surface area contributed by atoms with E-state index in [2.05, 4.69) is 20.1 Å². The second-order valence-electron chi connectivity index (χ2n) is 8.07. The van der Waals surface area contributed by atoms with Crippen LogP contribution in [0, 0.1) is 0 Å². The first-order valence-corrected chi connectivity index (χ1v) is 11.2. The predicted octanol–water partition coefficient (Wildman–Crippen LogP) is 0.998. The van der Waals surface area contributed by atoms with E-state index in [1.54, 1.807) is 7.05 Å². The Bertz CT molecular complexity index is 788. The van der Waals surface area contributed by atoms with Crippen LogP contribution >= 0.6 is 0 Å². The highest BCUT2D eigenvalue weighted by Gasteiger charge is 2.30. The molecule has 3 aliphatic heterocycles. The predicted molar refractivity (Wildman–Crippen MR) is 118 cm³/mol. The number of hydrogen-bond donors (Lipinski definition) is 1. The summed E-state index contributed by atoms with van der Waals surface area (Å²) in [5.41, 5.74) is 0. The molecule has 1 aromatic rings. The van der Waals surface area contributed by atoms with Crippen LogP contribution in [0.15, 0.2) is 23.2 Å². The van der Waals surface area contributed by atoms with E-state index >= 15 is 0 Å². The summed E-state index contributed by atoms with van der Waals surface area (Å²) in [6.45, 7) is 8.68. The van der Waals surface area contributed by atoms with E-state index in [0.29, 0.717) is 13.2 Å². The standard InChI is InChI=1S/C22H33N5O4/c1-17(21(28)26-8-3-4-9-26)25-10-12-27(13-11-25)22(23-2)24-7-14-29-18-5-6-19-20(15-18)31-16-30-19/h5-6,15,17H,3-4,7-14,16H2,1-2H3,(H,23,24). The van der Waals surface area contributed by atoms with Crippen LogP contribution in [0.4, 0.5) is 0 Å². The van der Waals surface area contributed by atoms with Gasteiger partial charge in [0, 0.05) is 52.4 Å². The third-order valence-electron chi connectivity index (χ3n) is 6.15. The molecule has 0 radical (unpaired) electrons. The Morgan fingerprint density at radius 3 is 2.58 bits per heavy atom. The van der Waals surface area contributed by atoms with Gasteiger partial charge in [-0.1, -0.05) is 0 Å². The number of nitrogens with one attached hydrogen (secondary N) is 1. The summed E-state index contributed by atoms with van der Waals surface area (Å²) in [5.74, 6) is 3.37. The number of likely N-dealkylation sites (tertiary alicyclic amines) is 1. The number of ether oxygens (including phenoxy) is 3. The van der Waals surface area contributed by atoms with Crippen molar-refractivity contribution >= 4 is 11.9 Å². The number of fused-ring (bicyclic) bond motifs is 1. The second-order valence-corrected chi connectivity index (χ2v) is 8.07. The van der Waals surface area contributed by atoms with Gasteiger partial charge in [-0.3, -0.25) is 14.7 Å². The fourth-order valence-electron chi connectivity index (χ4n) is 4.31. The average molecular weight is 432 g/mol. The van der Waals surface area contributed by atoms with E-state index in [9.17, 15) is 4.79 Å². The third-order valence-corrected chi connectivity index (χ3v) is 6.15. The lowest BCUT2D eigenvalue weighted by molar-refractivity contribution is -0.135. The van der Waals surface area contributed by atoms with Crippen LogP contribution in [0.3, 0.4) is 0 Å². The first kappa shape index (κ1) is 21.5. The van der Waals surface area contributed by atoms with Gasteiger partial charge in [-0.15, -0.1) is 0 Å². The Kier molecular flexibility index (Phi) is 7.01. The fraction of sp³-hybridized carbons (Fsp3) is 0.636. The van der Waals surface area contributed by atoms with Gasteiger partial charge >= 0.3 is 0 Å². The van der Waals surface area contributed by atoms with Crippen molar-refractivity contribution in [1.29, 1.82) is 0 Å². The second kappa shape index (κ2) is 10.1. The molecule has 1 amide bonds. The van der Waals surface area contributed by atoms with E-state index in [4.69, 9.17) is 14.2 Å². The molecule has 0 saturated carbocycles.